The SMILES string of the molecule is C[C@@H](C(=O)NCCCN1CCCC1)N(c1ccc(F)cc1)S(C)(=O)=O. The third-order valence-electron chi connectivity index (χ3n) is 4.32. The van der Waals surface area contributed by atoms with Crippen LogP contribution in [0.2, 0.25) is 0 Å². The van der Waals surface area contributed by atoms with Crippen LogP contribution in [-0.4, -0.2) is 57.7 Å². The molecule has 1 amide bonds. The summed E-state index contributed by atoms with van der Waals surface area (Å²) in [6.45, 7) is 5.18. The van der Waals surface area contributed by atoms with Crippen LogP contribution < -0.4 is 9.62 Å². The zero-order valence-electron chi connectivity index (χ0n) is 14.7. The van der Waals surface area contributed by atoms with Crippen molar-refractivity contribution in [1.29, 1.82) is 0 Å². The van der Waals surface area contributed by atoms with Crippen LogP contribution in [-0.2, 0) is 14.8 Å². The fourth-order valence-electron chi connectivity index (χ4n) is 3.06. The van der Waals surface area contributed by atoms with Crippen LogP contribution in [0.3, 0.4) is 0 Å². The molecule has 0 radical (unpaired) electrons. The highest BCUT2D eigenvalue weighted by Gasteiger charge is 2.28. The molecule has 1 N–H and O–H groups in total. The molecule has 0 spiro atoms. The first-order chi connectivity index (χ1) is 11.8. The van der Waals surface area contributed by atoms with E-state index in [-0.39, 0.29) is 11.6 Å². The third-order valence-corrected chi connectivity index (χ3v) is 5.56. The highest BCUT2D eigenvalue weighted by Crippen LogP contribution is 2.21. The number of anilines is 1. The van der Waals surface area contributed by atoms with E-state index in [0.717, 1.165) is 36.6 Å². The number of carbonyl (C=O) groups is 1. The molecule has 1 aromatic carbocycles. The van der Waals surface area contributed by atoms with Crippen LogP contribution >= 0.6 is 0 Å². The van der Waals surface area contributed by atoms with E-state index in [2.05, 4.69) is 10.2 Å². The van der Waals surface area contributed by atoms with E-state index in [9.17, 15) is 17.6 Å². The molecule has 1 saturated heterocycles. The van der Waals surface area contributed by atoms with Crippen molar-refractivity contribution in [2.24, 2.45) is 0 Å². The number of rotatable bonds is 8. The summed E-state index contributed by atoms with van der Waals surface area (Å²) in [6.07, 6.45) is 4.32. The molecule has 0 unspecified atom stereocenters. The summed E-state index contributed by atoms with van der Waals surface area (Å²) in [5.41, 5.74) is 0.267. The number of halogens is 1. The number of hydrogen-bond acceptors (Lipinski definition) is 4. The lowest BCUT2D eigenvalue weighted by Crippen LogP contribution is -2.48. The van der Waals surface area contributed by atoms with Gasteiger partial charge < -0.3 is 10.2 Å². The Morgan fingerprint density at radius 2 is 1.88 bits per heavy atom. The standard InChI is InChI=1S/C17H26FN3O3S/c1-14(17(22)19-10-5-13-20-11-3-4-12-20)21(25(2,23)24)16-8-6-15(18)7-9-16/h6-9,14H,3-5,10-13H2,1-2H3,(H,19,22)/t14-/m0/s1. The summed E-state index contributed by atoms with van der Waals surface area (Å²) < 4.78 is 38.3. The van der Waals surface area contributed by atoms with Crippen LogP contribution in [0.5, 0.6) is 0 Å². The van der Waals surface area contributed by atoms with E-state index in [1.807, 2.05) is 0 Å². The fraction of sp³-hybridized carbons (Fsp3) is 0.588. The zero-order chi connectivity index (χ0) is 18.4. The first-order valence-corrected chi connectivity index (χ1v) is 10.4. The van der Waals surface area contributed by atoms with E-state index >= 15 is 0 Å². The number of nitrogens with one attached hydrogen (secondary N) is 1. The maximum Gasteiger partial charge on any atom is 0.243 e. The fourth-order valence-corrected chi connectivity index (χ4v) is 4.24. The molecular formula is C17H26FN3O3S. The van der Waals surface area contributed by atoms with E-state index in [0.29, 0.717) is 6.54 Å². The lowest BCUT2D eigenvalue weighted by atomic mass is 10.2. The summed E-state index contributed by atoms with van der Waals surface area (Å²) in [5.74, 6) is -0.826. The minimum atomic E-state index is -3.68. The van der Waals surface area contributed by atoms with Crippen LogP contribution in [0.1, 0.15) is 26.2 Å². The molecule has 6 nitrogen and oxygen atoms in total. The van der Waals surface area contributed by atoms with E-state index in [1.165, 1.54) is 44.0 Å². The Balaban J connectivity index is 1.94. The minimum absolute atomic E-state index is 0.267. The smallest absolute Gasteiger partial charge is 0.243 e. The molecule has 1 aliphatic heterocycles. The maximum atomic E-state index is 13.1. The Labute approximate surface area is 149 Å². The molecule has 0 aromatic heterocycles. The number of likely N-dealkylation sites (tertiary alicyclic amines) is 1. The Kier molecular flexibility index (Phi) is 6.78. The van der Waals surface area contributed by atoms with Gasteiger partial charge in [-0.2, -0.15) is 0 Å². The lowest BCUT2D eigenvalue weighted by Gasteiger charge is -2.28. The zero-order valence-corrected chi connectivity index (χ0v) is 15.6. The second-order valence-electron chi connectivity index (χ2n) is 6.40. The summed E-state index contributed by atoms with van der Waals surface area (Å²) >= 11 is 0. The van der Waals surface area contributed by atoms with Crippen molar-refractivity contribution in [2.75, 3.05) is 36.7 Å². The van der Waals surface area contributed by atoms with Gasteiger partial charge in [0.2, 0.25) is 15.9 Å². The monoisotopic (exact) mass is 371 g/mol. The van der Waals surface area contributed by atoms with Crippen LogP contribution in [0.4, 0.5) is 10.1 Å². The summed E-state index contributed by atoms with van der Waals surface area (Å²) in [7, 11) is -3.68. The summed E-state index contributed by atoms with van der Waals surface area (Å²) in [4.78, 5) is 14.7. The molecule has 0 bridgehead atoms. The van der Waals surface area contributed by atoms with Gasteiger partial charge in [-0.15, -0.1) is 0 Å². The molecule has 0 aliphatic carbocycles. The summed E-state index contributed by atoms with van der Waals surface area (Å²) in [6, 6.07) is 4.15. The van der Waals surface area contributed by atoms with Gasteiger partial charge in [0.05, 0.1) is 11.9 Å². The van der Waals surface area contributed by atoms with E-state index < -0.39 is 21.9 Å². The molecule has 1 aliphatic rings. The second kappa shape index (κ2) is 8.62. The summed E-state index contributed by atoms with van der Waals surface area (Å²) in [5, 5.41) is 2.79. The van der Waals surface area contributed by atoms with Crippen LogP contribution in [0.15, 0.2) is 24.3 Å². The van der Waals surface area contributed by atoms with Crippen molar-refractivity contribution in [2.45, 2.75) is 32.2 Å². The van der Waals surface area contributed by atoms with Gasteiger partial charge in [0.1, 0.15) is 11.9 Å². The molecule has 2 rings (SSSR count). The number of sulfonamides is 1. The lowest BCUT2D eigenvalue weighted by molar-refractivity contribution is -0.121. The Bertz CT molecular complexity index is 673. The largest absolute Gasteiger partial charge is 0.354 e. The van der Waals surface area contributed by atoms with E-state index in [4.69, 9.17) is 0 Å². The molecular weight excluding hydrogens is 345 g/mol. The van der Waals surface area contributed by atoms with Gasteiger partial charge in [-0.3, -0.25) is 9.10 Å². The predicted octanol–water partition coefficient (Wildman–Crippen LogP) is 1.58. The van der Waals surface area contributed by atoms with Gasteiger partial charge in [-0.25, -0.2) is 12.8 Å². The number of benzene rings is 1. The first-order valence-electron chi connectivity index (χ1n) is 8.54. The van der Waals surface area contributed by atoms with Gasteiger partial charge in [0.15, 0.2) is 0 Å². The third kappa shape index (κ3) is 5.67. The number of nitrogens with zero attached hydrogens (tertiary/aromatic N) is 2. The van der Waals surface area contributed by atoms with Gasteiger partial charge in [-0.1, -0.05) is 0 Å². The maximum absolute atomic E-state index is 13.1. The Hall–Kier alpha value is -1.67. The molecule has 8 heteroatoms. The minimum Gasteiger partial charge on any atom is -0.354 e. The van der Waals surface area contributed by atoms with Crippen molar-refractivity contribution in [3.8, 4) is 0 Å². The molecule has 140 valence electrons. The number of carbonyl (C=O) groups excluding carboxylic acids is 1. The highest BCUT2D eigenvalue weighted by atomic mass is 32.2. The quantitative estimate of drug-likeness (QED) is 0.705. The van der Waals surface area contributed by atoms with Crippen molar-refractivity contribution in [3.63, 3.8) is 0 Å². The predicted molar refractivity (Wildman–Crippen MR) is 96.5 cm³/mol. The Morgan fingerprint density at radius 3 is 2.44 bits per heavy atom. The molecule has 1 aromatic rings. The van der Waals surface area contributed by atoms with Crippen molar-refractivity contribution < 1.29 is 17.6 Å². The van der Waals surface area contributed by atoms with Crippen molar-refractivity contribution in [3.05, 3.63) is 30.1 Å². The molecule has 1 fully saturated rings. The number of hydrogen-bond donors (Lipinski definition) is 1. The average Bonchev–Trinajstić information content (AvgIpc) is 3.05. The highest BCUT2D eigenvalue weighted by molar-refractivity contribution is 7.92. The Morgan fingerprint density at radius 1 is 1.28 bits per heavy atom. The van der Waals surface area contributed by atoms with Gasteiger partial charge in [-0.05, 0) is 70.1 Å². The van der Waals surface area contributed by atoms with Gasteiger partial charge in [0, 0.05) is 6.54 Å². The van der Waals surface area contributed by atoms with Crippen LogP contribution in [0.25, 0.3) is 0 Å². The second-order valence-corrected chi connectivity index (χ2v) is 8.26. The van der Waals surface area contributed by atoms with E-state index in [1.54, 1.807) is 0 Å². The van der Waals surface area contributed by atoms with Crippen molar-refractivity contribution >= 4 is 21.6 Å². The number of amides is 1. The first kappa shape index (κ1) is 19.7. The normalized spacial score (nSPS) is 16.6. The molecule has 1 atom stereocenters. The topological polar surface area (TPSA) is 69.7 Å². The molecule has 25 heavy (non-hydrogen) atoms. The van der Waals surface area contributed by atoms with Crippen LogP contribution in [0, 0.1) is 5.82 Å². The van der Waals surface area contributed by atoms with Gasteiger partial charge in [0.25, 0.3) is 0 Å². The average molecular weight is 371 g/mol. The van der Waals surface area contributed by atoms with Crippen molar-refractivity contribution in [1.82, 2.24) is 10.2 Å². The molecule has 1 heterocycles. The van der Waals surface area contributed by atoms with Gasteiger partial charge >= 0.3 is 0 Å². The molecule has 0 saturated carbocycles.